The zero-order valence-corrected chi connectivity index (χ0v) is 17.7. The maximum absolute atomic E-state index is 13.2. The van der Waals surface area contributed by atoms with Crippen LogP contribution in [0.2, 0.25) is 0 Å². The van der Waals surface area contributed by atoms with Crippen LogP contribution in [0.15, 0.2) is 57.9 Å². The van der Waals surface area contributed by atoms with E-state index in [9.17, 15) is 13.2 Å². The van der Waals surface area contributed by atoms with Crippen LogP contribution in [0, 0.1) is 6.92 Å². The first-order valence-corrected chi connectivity index (χ1v) is 10.7. The lowest BCUT2D eigenvalue weighted by molar-refractivity contribution is -0.119. The highest BCUT2D eigenvalue weighted by Crippen LogP contribution is 2.26. The molecule has 0 bridgehead atoms. The number of amides is 1. The van der Waals surface area contributed by atoms with Crippen molar-refractivity contribution in [2.24, 2.45) is 0 Å². The number of methoxy groups -OCH3 is 1. The Labute approximate surface area is 168 Å². The Kier molecular flexibility index (Phi) is 7.82. The van der Waals surface area contributed by atoms with Crippen molar-refractivity contribution in [1.29, 1.82) is 0 Å². The van der Waals surface area contributed by atoms with Crippen molar-refractivity contribution in [3.8, 4) is 0 Å². The number of halogens is 1. The maximum Gasteiger partial charge on any atom is 0.264 e. The van der Waals surface area contributed by atoms with Gasteiger partial charge in [0, 0.05) is 24.7 Å². The van der Waals surface area contributed by atoms with E-state index in [1.807, 2.05) is 6.92 Å². The Morgan fingerprint density at radius 3 is 2.52 bits per heavy atom. The molecular formula is C19H23BrN2O4S. The topological polar surface area (TPSA) is 75.7 Å². The predicted molar refractivity (Wildman–Crippen MR) is 109 cm³/mol. The number of rotatable bonds is 9. The summed E-state index contributed by atoms with van der Waals surface area (Å²) < 4.78 is 33.1. The Balaban J connectivity index is 2.29. The molecule has 0 unspecified atom stereocenters. The summed E-state index contributed by atoms with van der Waals surface area (Å²) in [4.78, 5) is 12.5. The highest BCUT2D eigenvalue weighted by Gasteiger charge is 2.27. The number of ether oxygens (including phenoxy) is 1. The highest BCUT2D eigenvalue weighted by molar-refractivity contribution is 9.10. The van der Waals surface area contributed by atoms with Crippen molar-refractivity contribution in [3.63, 3.8) is 0 Å². The Morgan fingerprint density at radius 2 is 1.89 bits per heavy atom. The molecule has 8 heteroatoms. The first kappa shape index (κ1) is 21.4. The molecule has 0 heterocycles. The number of nitrogens with zero attached hydrogens (tertiary/aromatic N) is 1. The van der Waals surface area contributed by atoms with Crippen molar-refractivity contribution in [2.45, 2.75) is 18.2 Å². The molecule has 6 nitrogen and oxygen atoms in total. The van der Waals surface area contributed by atoms with Crippen LogP contribution in [-0.4, -0.2) is 41.1 Å². The average molecular weight is 455 g/mol. The first-order chi connectivity index (χ1) is 12.8. The fourth-order valence-corrected chi connectivity index (χ4v) is 4.21. The van der Waals surface area contributed by atoms with Crippen LogP contribution in [0.5, 0.6) is 0 Å². The zero-order valence-electron chi connectivity index (χ0n) is 15.3. The fourth-order valence-electron chi connectivity index (χ4n) is 2.41. The molecule has 2 aromatic carbocycles. The van der Waals surface area contributed by atoms with Crippen molar-refractivity contribution in [3.05, 3.63) is 58.6 Å². The molecule has 2 rings (SSSR count). The third kappa shape index (κ3) is 6.05. The maximum atomic E-state index is 13.2. The van der Waals surface area contributed by atoms with Gasteiger partial charge in [0.05, 0.1) is 10.6 Å². The molecule has 146 valence electrons. The van der Waals surface area contributed by atoms with Crippen LogP contribution in [-0.2, 0) is 19.6 Å². The summed E-state index contributed by atoms with van der Waals surface area (Å²) in [6, 6.07) is 13.4. The molecule has 0 aliphatic carbocycles. The molecule has 0 spiro atoms. The van der Waals surface area contributed by atoms with Crippen molar-refractivity contribution >= 4 is 37.5 Å². The van der Waals surface area contributed by atoms with E-state index in [0.29, 0.717) is 25.3 Å². The van der Waals surface area contributed by atoms with Crippen LogP contribution in [0.3, 0.4) is 0 Å². The van der Waals surface area contributed by atoms with Crippen LogP contribution in [0.1, 0.15) is 12.0 Å². The molecule has 0 aromatic heterocycles. The Bertz CT molecular complexity index is 870. The molecule has 27 heavy (non-hydrogen) atoms. The van der Waals surface area contributed by atoms with Crippen LogP contribution < -0.4 is 9.62 Å². The number of carbonyl (C=O) groups excluding carboxylic acids is 1. The van der Waals surface area contributed by atoms with Gasteiger partial charge < -0.3 is 10.1 Å². The third-order valence-corrected chi connectivity index (χ3v) is 6.12. The second kappa shape index (κ2) is 9.87. The lowest BCUT2D eigenvalue weighted by Gasteiger charge is -2.24. The second-order valence-corrected chi connectivity index (χ2v) is 8.78. The predicted octanol–water partition coefficient (Wildman–Crippen LogP) is 3.11. The first-order valence-electron chi connectivity index (χ1n) is 8.45. The molecule has 0 fully saturated rings. The van der Waals surface area contributed by atoms with Crippen LogP contribution in [0.25, 0.3) is 0 Å². The van der Waals surface area contributed by atoms with E-state index in [1.54, 1.807) is 55.6 Å². The highest BCUT2D eigenvalue weighted by atomic mass is 79.9. The van der Waals surface area contributed by atoms with Crippen molar-refractivity contribution in [1.82, 2.24) is 5.32 Å². The summed E-state index contributed by atoms with van der Waals surface area (Å²) in [5.74, 6) is -0.373. The van der Waals surface area contributed by atoms with Gasteiger partial charge in [-0.25, -0.2) is 8.42 Å². The summed E-state index contributed by atoms with van der Waals surface area (Å²) in [6.07, 6.45) is 0.657. The van der Waals surface area contributed by atoms with Crippen LogP contribution >= 0.6 is 15.9 Å². The number of anilines is 1. The minimum Gasteiger partial charge on any atom is -0.385 e. The summed E-state index contributed by atoms with van der Waals surface area (Å²) in [6.45, 7) is 2.52. The normalized spacial score (nSPS) is 11.2. The summed E-state index contributed by atoms with van der Waals surface area (Å²) >= 11 is 3.35. The quantitative estimate of drug-likeness (QED) is 0.590. The molecule has 0 aliphatic heterocycles. The van der Waals surface area contributed by atoms with Crippen molar-refractivity contribution in [2.75, 3.05) is 31.1 Å². The third-order valence-electron chi connectivity index (χ3n) is 3.84. The Hall–Kier alpha value is -1.90. The minimum absolute atomic E-state index is 0.139. The molecular weight excluding hydrogens is 432 g/mol. The number of sulfonamides is 1. The number of hydrogen-bond donors (Lipinski definition) is 1. The zero-order chi connectivity index (χ0) is 19.9. The largest absolute Gasteiger partial charge is 0.385 e. The van der Waals surface area contributed by atoms with Gasteiger partial charge in [0.25, 0.3) is 10.0 Å². The second-order valence-electron chi connectivity index (χ2n) is 6.00. The van der Waals surface area contributed by atoms with Gasteiger partial charge in [-0.15, -0.1) is 0 Å². The van der Waals surface area contributed by atoms with Gasteiger partial charge in [-0.2, -0.15) is 0 Å². The molecule has 0 saturated carbocycles. The number of nitrogens with one attached hydrogen (secondary N) is 1. The van der Waals surface area contributed by atoms with Gasteiger partial charge in [-0.3, -0.25) is 9.10 Å². The van der Waals surface area contributed by atoms with E-state index >= 15 is 0 Å². The Morgan fingerprint density at radius 1 is 1.19 bits per heavy atom. The van der Waals surface area contributed by atoms with Gasteiger partial charge in [0.15, 0.2) is 0 Å². The molecule has 1 N–H and O–H groups in total. The van der Waals surface area contributed by atoms with E-state index < -0.39 is 10.0 Å². The smallest absolute Gasteiger partial charge is 0.264 e. The van der Waals surface area contributed by atoms with Gasteiger partial charge in [0.1, 0.15) is 6.54 Å². The monoisotopic (exact) mass is 454 g/mol. The standard InChI is InChI=1S/C19H23BrN2O4S/c1-15-7-9-18(10-8-15)27(24,25)22(17-6-3-5-16(20)13-17)14-19(23)21-11-4-12-26-2/h3,5-10,13H,4,11-12,14H2,1-2H3,(H,21,23). The lowest BCUT2D eigenvalue weighted by Crippen LogP contribution is -2.41. The van der Waals surface area contributed by atoms with Gasteiger partial charge in [0.2, 0.25) is 5.91 Å². The lowest BCUT2D eigenvalue weighted by atomic mass is 10.2. The van der Waals surface area contributed by atoms with Gasteiger partial charge >= 0.3 is 0 Å². The summed E-state index contributed by atoms with van der Waals surface area (Å²) in [5, 5.41) is 2.73. The minimum atomic E-state index is -3.89. The van der Waals surface area contributed by atoms with E-state index in [4.69, 9.17) is 4.74 Å². The number of aryl methyl sites for hydroxylation is 1. The molecule has 0 saturated heterocycles. The van der Waals surface area contributed by atoms with Crippen molar-refractivity contribution < 1.29 is 17.9 Å². The summed E-state index contributed by atoms with van der Waals surface area (Å²) in [7, 11) is -2.30. The fraction of sp³-hybridized carbons (Fsp3) is 0.316. The van der Waals surface area contributed by atoms with Gasteiger partial charge in [-0.05, 0) is 43.7 Å². The molecule has 0 aliphatic rings. The van der Waals surface area contributed by atoms with E-state index in [2.05, 4.69) is 21.2 Å². The van der Waals surface area contributed by atoms with E-state index in [1.165, 1.54) is 0 Å². The molecule has 2 aromatic rings. The SMILES string of the molecule is COCCCNC(=O)CN(c1cccc(Br)c1)S(=O)(=O)c1ccc(C)cc1. The number of carbonyl (C=O) groups is 1. The van der Waals surface area contributed by atoms with E-state index in [-0.39, 0.29) is 17.3 Å². The number of hydrogen-bond acceptors (Lipinski definition) is 4. The molecule has 0 radical (unpaired) electrons. The number of benzene rings is 2. The summed E-state index contributed by atoms with van der Waals surface area (Å²) in [5.41, 5.74) is 1.37. The molecule has 0 atom stereocenters. The van der Waals surface area contributed by atoms with Crippen LogP contribution in [0.4, 0.5) is 5.69 Å². The molecule has 1 amide bonds. The van der Waals surface area contributed by atoms with E-state index in [0.717, 1.165) is 14.3 Å². The van der Waals surface area contributed by atoms with Gasteiger partial charge in [-0.1, -0.05) is 39.7 Å². The average Bonchev–Trinajstić information content (AvgIpc) is 2.63.